The molecule has 14 heavy (non-hydrogen) atoms. The van der Waals surface area contributed by atoms with E-state index in [0.717, 1.165) is 17.7 Å². The van der Waals surface area contributed by atoms with E-state index in [4.69, 9.17) is 0 Å². The van der Waals surface area contributed by atoms with Crippen molar-refractivity contribution in [2.45, 2.75) is 25.5 Å². The first-order valence-electron chi connectivity index (χ1n) is 4.69. The molecule has 76 valence electrons. The van der Waals surface area contributed by atoms with Gasteiger partial charge in [-0.3, -0.25) is 4.79 Å². The molecule has 0 radical (unpaired) electrons. The summed E-state index contributed by atoms with van der Waals surface area (Å²) in [6.45, 7) is 3.93. The van der Waals surface area contributed by atoms with Gasteiger partial charge < -0.3 is 5.32 Å². The van der Waals surface area contributed by atoms with Crippen LogP contribution < -0.4 is 5.32 Å². The van der Waals surface area contributed by atoms with Crippen molar-refractivity contribution < 1.29 is 4.79 Å². The maximum Gasteiger partial charge on any atom is 0.237 e. The van der Waals surface area contributed by atoms with Crippen molar-refractivity contribution in [3.63, 3.8) is 0 Å². The lowest BCUT2D eigenvalue weighted by atomic mass is 10.2. The Hall–Kier alpha value is -0.960. The van der Waals surface area contributed by atoms with Gasteiger partial charge in [0.2, 0.25) is 5.91 Å². The minimum absolute atomic E-state index is 0.0403. The molecule has 1 N–H and O–H groups in total. The number of thiol groups is 1. The van der Waals surface area contributed by atoms with Gasteiger partial charge in [0.25, 0.3) is 0 Å². The SMILES string of the molecule is CCC(S)C(=O)Nc1cccc(C)c1. The molecule has 0 saturated carbocycles. The molecule has 0 bridgehead atoms. The van der Waals surface area contributed by atoms with Crippen LogP contribution in [0.5, 0.6) is 0 Å². The topological polar surface area (TPSA) is 29.1 Å². The zero-order valence-electron chi connectivity index (χ0n) is 8.45. The largest absolute Gasteiger partial charge is 0.325 e. The van der Waals surface area contributed by atoms with Crippen LogP contribution in [-0.4, -0.2) is 11.2 Å². The summed E-state index contributed by atoms with van der Waals surface area (Å²) in [5.74, 6) is -0.0403. The molecule has 1 aromatic carbocycles. The highest BCUT2D eigenvalue weighted by atomic mass is 32.1. The van der Waals surface area contributed by atoms with E-state index in [2.05, 4.69) is 17.9 Å². The van der Waals surface area contributed by atoms with Crippen molar-refractivity contribution in [2.75, 3.05) is 5.32 Å². The van der Waals surface area contributed by atoms with E-state index in [1.165, 1.54) is 0 Å². The minimum atomic E-state index is -0.226. The van der Waals surface area contributed by atoms with E-state index in [1.807, 2.05) is 38.1 Å². The van der Waals surface area contributed by atoms with Gasteiger partial charge in [-0.1, -0.05) is 19.1 Å². The summed E-state index contributed by atoms with van der Waals surface area (Å²) in [5, 5.41) is 2.59. The van der Waals surface area contributed by atoms with Crippen molar-refractivity contribution in [1.82, 2.24) is 0 Å². The molecule has 0 fully saturated rings. The number of amides is 1. The molecule has 0 aliphatic rings. The molecule has 1 rings (SSSR count). The van der Waals surface area contributed by atoms with Gasteiger partial charge in [-0.05, 0) is 31.0 Å². The quantitative estimate of drug-likeness (QED) is 0.736. The molecule has 1 unspecified atom stereocenters. The molecule has 2 nitrogen and oxygen atoms in total. The number of hydrogen-bond donors (Lipinski definition) is 2. The Morgan fingerprint density at radius 1 is 1.57 bits per heavy atom. The fraction of sp³-hybridized carbons (Fsp3) is 0.364. The summed E-state index contributed by atoms with van der Waals surface area (Å²) < 4.78 is 0. The molecule has 0 aliphatic heterocycles. The number of nitrogens with one attached hydrogen (secondary N) is 1. The second-order valence-corrected chi connectivity index (χ2v) is 3.91. The summed E-state index contributed by atoms with van der Waals surface area (Å²) in [5.41, 5.74) is 1.97. The number of benzene rings is 1. The van der Waals surface area contributed by atoms with Crippen LogP contribution in [0.2, 0.25) is 0 Å². The molecule has 3 heteroatoms. The molecule has 0 spiro atoms. The molecule has 0 aromatic heterocycles. The van der Waals surface area contributed by atoms with E-state index in [9.17, 15) is 4.79 Å². The minimum Gasteiger partial charge on any atom is -0.325 e. The Kier molecular flexibility index (Phi) is 4.01. The van der Waals surface area contributed by atoms with E-state index >= 15 is 0 Å². The zero-order valence-corrected chi connectivity index (χ0v) is 9.34. The average Bonchev–Trinajstić information content (AvgIpc) is 2.16. The van der Waals surface area contributed by atoms with Crippen LogP contribution in [0.3, 0.4) is 0 Å². The van der Waals surface area contributed by atoms with Crippen molar-refractivity contribution in [3.05, 3.63) is 29.8 Å². The number of anilines is 1. The lowest BCUT2D eigenvalue weighted by Crippen LogP contribution is -2.22. The van der Waals surface area contributed by atoms with Gasteiger partial charge in [-0.25, -0.2) is 0 Å². The summed E-state index contributed by atoms with van der Waals surface area (Å²) in [6, 6.07) is 7.73. The van der Waals surface area contributed by atoms with Crippen LogP contribution in [0.4, 0.5) is 5.69 Å². The Labute approximate surface area is 90.1 Å². The average molecular weight is 209 g/mol. The standard InChI is InChI=1S/C11H15NOS/c1-3-10(14)11(13)12-9-6-4-5-8(2)7-9/h4-7,10,14H,3H2,1-2H3,(H,12,13). The lowest BCUT2D eigenvalue weighted by Gasteiger charge is -2.09. The zero-order chi connectivity index (χ0) is 10.6. The maximum atomic E-state index is 11.5. The van der Waals surface area contributed by atoms with Crippen molar-refractivity contribution >= 4 is 24.2 Å². The predicted molar refractivity (Wildman–Crippen MR) is 62.9 cm³/mol. The first kappa shape index (κ1) is 11.1. The second-order valence-electron chi connectivity index (χ2n) is 3.28. The Balaban J connectivity index is 2.65. The molecular formula is C11H15NOS. The normalized spacial score (nSPS) is 12.2. The van der Waals surface area contributed by atoms with Crippen LogP contribution in [0.1, 0.15) is 18.9 Å². The van der Waals surface area contributed by atoms with Gasteiger partial charge in [0.1, 0.15) is 0 Å². The van der Waals surface area contributed by atoms with Gasteiger partial charge in [0.15, 0.2) is 0 Å². The molecule has 0 saturated heterocycles. The van der Waals surface area contributed by atoms with Gasteiger partial charge in [0.05, 0.1) is 5.25 Å². The van der Waals surface area contributed by atoms with Crippen LogP contribution in [0.15, 0.2) is 24.3 Å². The third kappa shape index (κ3) is 3.07. The molecule has 1 amide bonds. The van der Waals surface area contributed by atoms with Crippen molar-refractivity contribution in [2.24, 2.45) is 0 Å². The van der Waals surface area contributed by atoms with Gasteiger partial charge in [0, 0.05) is 5.69 Å². The smallest absolute Gasteiger partial charge is 0.237 e. The van der Waals surface area contributed by atoms with Crippen LogP contribution in [-0.2, 0) is 4.79 Å². The highest BCUT2D eigenvalue weighted by molar-refractivity contribution is 7.81. The molecule has 1 atom stereocenters. The van der Waals surface area contributed by atoms with Crippen molar-refractivity contribution in [1.29, 1.82) is 0 Å². The van der Waals surface area contributed by atoms with E-state index in [1.54, 1.807) is 0 Å². The van der Waals surface area contributed by atoms with Crippen LogP contribution in [0.25, 0.3) is 0 Å². The number of rotatable bonds is 3. The highest BCUT2D eigenvalue weighted by Gasteiger charge is 2.10. The maximum absolute atomic E-state index is 11.5. The fourth-order valence-electron chi connectivity index (χ4n) is 1.13. The van der Waals surface area contributed by atoms with Gasteiger partial charge in [-0.2, -0.15) is 12.6 Å². The number of hydrogen-bond acceptors (Lipinski definition) is 2. The molecule has 0 aliphatic carbocycles. The van der Waals surface area contributed by atoms with Crippen LogP contribution >= 0.6 is 12.6 Å². The van der Waals surface area contributed by atoms with Gasteiger partial charge in [-0.15, -0.1) is 0 Å². The fourth-order valence-corrected chi connectivity index (χ4v) is 1.20. The number of carbonyl (C=O) groups is 1. The summed E-state index contributed by atoms with van der Waals surface area (Å²) >= 11 is 4.17. The van der Waals surface area contributed by atoms with E-state index in [0.29, 0.717) is 0 Å². The predicted octanol–water partition coefficient (Wildman–Crippen LogP) is 2.64. The summed E-state index contributed by atoms with van der Waals surface area (Å²) in [7, 11) is 0. The highest BCUT2D eigenvalue weighted by Crippen LogP contribution is 2.11. The molecule has 0 heterocycles. The first-order valence-corrected chi connectivity index (χ1v) is 5.20. The third-order valence-electron chi connectivity index (χ3n) is 1.97. The number of carbonyl (C=O) groups excluding carboxylic acids is 1. The lowest BCUT2D eigenvalue weighted by molar-refractivity contribution is -0.115. The second kappa shape index (κ2) is 5.05. The molecule has 1 aromatic rings. The van der Waals surface area contributed by atoms with E-state index in [-0.39, 0.29) is 11.2 Å². The third-order valence-corrected chi connectivity index (χ3v) is 2.57. The van der Waals surface area contributed by atoms with Gasteiger partial charge >= 0.3 is 0 Å². The monoisotopic (exact) mass is 209 g/mol. The Morgan fingerprint density at radius 3 is 2.86 bits per heavy atom. The number of aryl methyl sites for hydroxylation is 1. The molecular weight excluding hydrogens is 194 g/mol. The summed E-state index contributed by atoms with van der Waals surface area (Å²) in [4.78, 5) is 11.5. The Morgan fingerprint density at radius 2 is 2.29 bits per heavy atom. The van der Waals surface area contributed by atoms with Crippen LogP contribution in [0, 0.1) is 6.92 Å². The Bertz CT molecular complexity index is 325. The van der Waals surface area contributed by atoms with Crippen molar-refractivity contribution in [3.8, 4) is 0 Å². The summed E-state index contributed by atoms with van der Waals surface area (Å²) in [6.07, 6.45) is 0.737. The van der Waals surface area contributed by atoms with E-state index < -0.39 is 0 Å². The first-order chi connectivity index (χ1) is 6.63.